The van der Waals surface area contributed by atoms with Crippen LogP contribution in [0.1, 0.15) is 30.9 Å². The maximum absolute atomic E-state index is 13.3. The molecule has 0 radical (unpaired) electrons. The van der Waals surface area contributed by atoms with Gasteiger partial charge in [0.05, 0.1) is 10.6 Å². The van der Waals surface area contributed by atoms with Gasteiger partial charge in [-0.15, -0.1) is 11.8 Å². The lowest BCUT2D eigenvalue weighted by molar-refractivity contribution is -0.118. The Bertz CT molecular complexity index is 1140. The Morgan fingerprint density at radius 1 is 1.06 bits per heavy atom. The van der Waals surface area contributed by atoms with Gasteiger partial charge in [-0.3, -0.25) is 9.69 Å². The van der Waals surface area contributed by atoms with Crippen LogP contribution >= 0.6 is 11.8 Å². The molecule has 5 rings (SSSR count). The van der Waals surface area contributed by atoms with Crippen LogP contribution in [-0.4, -0.2) is 55.5 Å². The Hall–Kier alpha value is -1.87. The number of sulfonamides is 1. The average molecular weight is 486 g/mol. The standard InChI is InChI=1S/C25H31N3O3S2/c1-18-17-32-24-7-6-22(14-23(24)26-25(18)29)33(30,31)28-12-8-19(9-13-28)15-27-11-10-20-4-2-3-5-21(20)16-27/h2-7,14,18-19H,8-13,15-17H2,1H3,(H,26,29)/t18-/m0/s1. The van der Waals surface area contributed by atoms with Crippen molar-refractivity contribution in [2.75, 3.05) is 37.2 Å². The molecular formula is C25H31N3O3S2. The summed E-state index contributed by atoms with van der Waals surface area (Å²) in [7, 11) is -3.58. The fraction of sp³-hybridized carbons (Fsp3) is 0.480. The van der Waals surface area contributed by atoms with E-state index in [0.717, 1.165) is 43.8 Å². The molecule has 3 aliphatic rings. The molecule has 1 atom stereocenters. The van der Waals surface area contributed by atoms with Gasteiger partial charge >= 0.3 is 0 Å². The predicted octanol–water partition coefficient (Wildman–Crippen LogP) is 3.83. The van der Waals surface area contributed by atoms with E-state index in [1.54, 1.807) is 28.2 Å². The molecule has 8 heteroatoms. The lowest BCUT2D eigenvalue weighted by atomic mass is 9.94. The summed E-state index contributed by atoms with van der Waals surface area (Å²) in [5.74, 6) is 1.05. The van der Waals surface area contributed by atoms with Gasteiger partial charge in [0, 0.05) is 49.3 Å². The largest absolute Gasteiger partial charge is 0.325 e. The molecule has 176 valence electrons. The van der Waals surface area contributed by atoms with E-state index in [0.29, 0.717) is 30.4 Å². The van der Waals surface area contributed by atoms with Crippen molar-refractivity contribution in [2.24, 2.45) is 11.8 Å². The molecule has 6 nitrogen and oxygen atoms in total. The first-order valence-corrected chi connectivity index (χ1v) is 14.2. The van der Waals surface area contributed by atoms with E-state index in [-0.39, 0.29) is 16.7 Å². The SMILES string of the molecule is C[C@H]1CSc2ccc(S(=O)(=O)N3CCC(CN4CCc5ccccc5C4)CC3)cc2NC1=O. The molecule has 0 aromatic heterocycles. The third-order valence-corrected chi connectivity index (χ3v) is 10.3. The first-order valence-electron chi connectivity index (χ1n) is 11.8. The molecule has 0 saturated carbocycles. The summed E-state index contributed by atoms with van der Waals surface area (Å²) < 4.78 is 28.3. The van der Waals surface area contributed by atoms with E-state index < -0.39 is 10.0 Å². The zero-order valence-corrected chi connectivity index (χ0v) is 20.6. The topological polar surface area (TPSA) is 69.7 Å². The van der Waals surface area contributed by atoms with Crippen molar-refractivity contribution in [3.05, 3.63) is 53.6 Å². The molecule has 1 N–H and O–H groups in total. The summed E-state index contributed by atoms with van der Waals surface area (Å²) in [5, 5.41) is 2.90. The van der Waals surface area contributed by atoms with Crippen molar-refractivity contribution in [1.29, 1.82) is 0 Å². The number of piperidine rings is 1. The van der Waals surface area contributed by atoms with Gasteiger partial charge in [-0.05, 0) is 54.5 Å². The van der Waals surface area contributed by atoms with E-state index in [1.165, 1.54) is 11.1 Å². The number of carbonyl (C=O) groups excluding carboxylic acids is 1. The zero-order chi connectivity index (χ0) is 23.0. The molecule has 1 fully saturated rings. The van der Waals surface area contributed by atoms with Crippen molar-refractivity contribution < 1.29 is 13.2 Å². The third-order valence-electron chi connectivity index (χ3n) is 7.08. The number of anilines is 1. The second-order valence-corrected chi connectivity index (χ2v) is 12.5. The highest BCUT2D eigenvalue weighted by molar-refractivity contribution is 7.99. The van der Waals surface area contributed by atoms with Crippen molar-refractivity contribution in [2.45, 2.75) is 42.5 Å². The second-order valence-electron chi connectivity index (χ2n) is 9.46. The first kappa shape index (κ1) is 22.9. The summed E-state index contributed by atoms with van der Waals surface area (Å²) in [6.07, 6.45) is 2.86. The average Bonchev–Trinajstić information content (AvgIpc) is 2.97. The number of nitrogens with zero attached hydrogens (tertiary/aromatic N) is 2. The van der Waals surface area contributed by atoms with Gasteiger partial charge in [0.2, 0.25) is 15.9 Å². The molecule has 3 aliphatic heterocycles. The fourth-order valence-corrected chi connectivity index (χ4v) is 7.50. The van der Waals surface area contributed by atoms with Crippen LogP contribution in [0.4, 0.5) is 5.69 Å². The molecule has 33 heavy (non-hydrogen) atoms. The lowest BCUT2D eigenvalue weighted by Crippen LogP contribution is -2.42. The van der Waals surface area contributed by atoms with Crippen molar-refractivity contribution >= 4 is 33.4 Å². The molecular weight excluding hydrogens is 454 g/mol. The molecule has 1 saturated heterocycles. The van der Waals surface area contributed by atoms with Gasteiger partial charge in [-0.25, -0.2) is 8.42 Å². The van der Waals surface area contributed by atoms with Gasteiger partial charge in [-0.2, -0.15) is 4.31 Å². The van der Waals surface area contributed by atoms with Crippen LogP contribution in [-0.2, 0) is 27.8 Å². The van der Waals surface area contributed by atoms with Crippen LogP contribution in [0.5, 0.6) is 0 Å². The highest BCUT2D eigenvalue weighted by atomic mass is 32.2. The smallest absolute Gasteiger partial charge is 0.243 e. The first-order chi connectivity index (χ1) is 15.9. The zero-order valence-electron chi connectivity index (χ0n) is 19.0. The van der Waals surface area contributed by atoms with E-state index in [1.807, 2.05) is 13.0 Å². The Balaban J connectivity index is 1.21. The van der Waals surface area contributed by atoms with Crippen molar-refractivity contribution in [3.8, 4) is 0 Å². The highest BCUT2D eigenvalue weighted by Crippen LogP contribution is 2.35. The summed E-state index contributed by atoms with van der Waals surface area (Å²) >= 11 is 1.59. The predicted molar refractivity (Wildman–Crippen MR) is 132 cm³/mol. The summed E-state index contributed by atoms with van der Waals surface area (Å²) in [5.41, 5.74) is 3.49. The van der Waals surface area contributed by atoms with Crippen LogP contribution in [0.2, 0.25) is 0 Å². The Morgan fingerprint density at radius 2 is 1.82 bits per heavy atom. The van der Waals surface area contributed by atoms with Crippen LogP contribution in [0, 0.1) is 11.8 Å². The van der Waals surface area contributed by atoms with Gasteiger partial charge in [0.15, 0.2) is 0 Å². The molecule has 0 spiro atoms. The van der Waals surface area contributed by atoms with E-state index >= 15 is 0 Å². The van der Waals surface area contributed by atoms with Gasteiger partial charge in [0.1, 0.15) is 0 Å². The normalized spacial score (nSPS) is 22.8. The molecule has 0 unspecified atom stereocenters. The van der Waals surface area contributed by atoms with Crippen LogP contribution in [0.3, 0.4) is 0 Å². The lowest BCUT2D eigenvalue weighted by Gasteiger charge is -2.36. The van der Waals surface area contributed by atoms with Gasteiger partial charge in [-0.1, -0.05) is 31.2 Å². The number of benzene rings is 2. The summed E-state index contributed by atoms with van der Waals surface area (Å²) in [4.78, 5) is 15.9. The minimum absolute atomic E-state index is 0.0584. The van der Waals surface area contributed by atoms with E-state index in [4.69, 9.17) is 0 Å². The number of amides is 1. The number of fused-ring (bicyclic) bond motifs is 2. The molecule has 2 aromatic carbocycles. The van der Waals surface area contributed by atoms with Gasteiger partial charge < -0.3 is 5.32 Å². The Labute approximate surface area is 200 Å². The minimum atomic E-state index is -3.58. The van der Waals surface area contributed by atoms with Crippen molar-refractivity contribution in [1.82, 2.24) is 9.21 Å². The fourth-order valence-electron chi connectivity index (χ4n) is 5.00. The minimum Gasteiger partial charge on any atom is -0.325 e. The van der Waals surface area contributed by atoms with Gasteiger partial charge in [0.25, 0.3) is 0 Å². The third kappa shape index (κ3) is 4.85. The highest BCUT2D eigenvalue weighted by Gasteiger charge is 2.31. The maximum atomic E-state index is 13.3. The molecule has 2 aromatic rings. The number of nitrogens with one attached hydrogen (secondary N) is 1. The number of thioether (sulfide) groups is 1. The molecule has 0 bridgehead atoms. The molecule has 3 heterocycles. The monoisotopic (exact) mass is 485 g/mol. The summed E-state index contributed by atoms with van der Waals surface area (Å²) in [6.45, 7) is 6.08. The maximum Gasteiger partial charge on any atom is 0.243 e. The number of hydrogen-bond donors (Lipinski definition) is 1. The van der Waals surface area contributed by atoms with Crippen LogP contribution in [0.15, 0.2) is 52.3 Å². The molecule has 1 amide bonds. The Kier molecular flexibility index (Phi) is 6.53. The van der Waals surface area contributed by atoms with Crippen molar-refractivity contribution in [3.63, 3.8) is 0 Å². The second kappa shape index (κ2) is 9.41. The van der Waals surface area contributed by atoms with E-state index in [9.17, 15) is 13.2 Å². The van der Waals surface area contributed by atoms with Crippen LogP contribution < -0.4 is 5.32 Å². The number of carbonyl (C=O) groups is 1. The summed E-state index contributed by atoms with van der Waals surface area (Å²) in [6, 6.07) is 13.8. The quantitative estimate of drug-likeness (QED) is 0.713. The van der Waals surface area contributed by atoms with E-state index in [2.05, 4.69) is 34.5 Å². The number of hydrogen-bond acceptors (Lipinski definition) is 5. The number of rotatable bonds is 4. The van der Waals surface area contributed by atoms with Crippen LogP contribution in [0.25, 0.3) is 0 Å². The molecule has 0 aliphatic carbocycles. The Morgan fingerprint density at radius 3 is 2.61 bits per heavy atom.